The molecule has 1 atom stereocenters. The first-order chi connectivity index (χ1) is 10.5. The summed E-state index contributed by atoms with van der Waals surface area (Å²) in [5.74, 6) is 1.37. The molecule has 1 aromatic carbocycles. The summed E-state index contributed by atoms with van der Waals surface area (Å²) in [6.45, 7) is 3.72. The molecule has 0 spiro atoms. The third kappa shape index (κ3) is 3.44. The molecule has 1 aliphatic carbocycles. The first-order valence-corrected chi connectivity index (χ1v) is 8.45. The molecule has 2 N–H and O–H groups in total. The van der Waals surface area contributed by atoms with Crippen LogP contribution in [-0.4, -0.2) is 26.3 Å². The summed E-state index contributed by atoms with van der Waals surface area (Å²) in [5.41, 5.74) is 1.60. The van der Waals surface area contributed by atoms with Gasteiger partial charge in [-0.25, -0.2) is 4.98 Å². The predicted molar refractivity (Wildman–Crippen MR) is 88.5 cm³/mol. The minimum absolute atomic E-state index is 0.0897. The average Bonchev–Trinajstić information content (AvgIpc) is 3.24. The third-order valence-corrected chi connectivity index (χ3v) is 4.99. The summed E-state index contributed by atoms with van der Waals surface area (Å²) in [6, 6.07) is 5.46. The zero-order chi connectivity index (χ0) is 15.7. The van der Waals surface area contributed by atoms with E-state index in [-0.39, 0.29) is 11.2 Å². The molecular formula is C15H17ClN4OS. The number of aromatic nitrogens is 3. The van der Waals surface area contributed by atoms with Gasteiger partial charge in [-0.1, -0.05) is 29.4 Å². The Kier molecular flexibility index (Phi) is 4.40. The molecule has 1 amide bonds. The van der Waals surface area contributed by atoms with Gasteiger partial charge in [0.1, 0.15) is 5.82 Å². The Balaban J connectivity index is 1.62. The predicted octanol–water partition coefficient (Wildman–Crippen LogP) is 3.76. The Hall–Kier alpha value is -1.53. The fraction of sp³-hybridized carbons (Fsp3) is 0.400. The van der Waals surface area contributed by atoms with Crippen LogP contribution in [0, 0.1) is 6.92 Å². The highest BCUT2D eigenvalue weighted by atomic mass is 35.5. The van der Waals surface area contributed by atoms with Crippen molar-refractivity contribution in [2.24, 2.45) is 0 Å². The van der Waals surface area contributed by atoms with Gasteiger partial charge in [0.05, 0.1) is 5.25 Å². The van der Waals surface area contributed by atoms with E-state index < -0.39 is 0 Å². The second-order valence-electron chi connectivity index (χ2n) is 5.44. The van der Waals surface area contributed by atoms with Crippen LogP contribution < -0.4 is 5.32 Å². The van der Waals surface area contributed by atoms with Gasteiger partial charge in [0.25, 0.3) is 0 Å². The molecule has 0 saturated heterocycles. The molecule has 1 fully saturated rings. The number of carbonyl (C=O) groups is 1. The highest BCUT2D eigenvalue weighted by Crippen LogP contribution is 2.38. The SMILES string of the molecule is Cc1c(Cl)cccc1NC(=O)C(C)Sc1n[nH]c(C2CC2)n1. The Morgan fingerprint density at radius 1 is 1.50 bits per heavy atom. The first-order valence-electron chi connectivity index (χ1n) is 7.19. The Morgan fingerprint density at radius 3 is 3.00 bits per heavy atom. The third-order valence-electron chi connectivity index (χ3n) is 3.62. The number of aromatic amines is 1. The van der Waals surface area contributed by atoms with E-state index >= 15 is 0 Å². The Morgan fingerprint density at radius 2 is 2.27 bits per heavy atom. The maximum atomic E-state index is 12.3. The number of halogens is 1. The number of thioether (sulfide) groups is 1. The molecule has 0 bridgehead atoms. The van der Waals surface area contributed by atoms with Crippen molar-refractivity contribution in [1.82, 2.24) is 15.2 Å². The van der Waals surface area contributed by atoms with E-state index in [2.05, 4.69) is 20.5 Å². The zero-order valence-electron chi connectivity index (χ0n) is 12.4. The minimum atomic E-state index is -0.291. The van der Waals surface area contributed by atoms with E-state index in [4.69, 9.17) is 11.6 Å². The molecule has 1 aliphatic rings. The Labute approximate surface area is 138 Å². The lowest BCUT2D eigenvalue weighted by Gasteiger charge is -2.12. The number of anilines is 1. The lowest BCUT2D eigenvalue weighted by atomic mass is 10.2. The molecule has 0 aliphatic heterocycles. The van der Waals surface area contributed by atoms with Crippen molar-refractivity contribution in [1.29, 1.82) is 0 Å². The van der Waals surface area contributed by atoms with E-state index in [1.807, 2.05) is 26.0 Å². The van der Waals surface area contributed by atoms with Crippen molar-refractivity contribution in [3.05, 3.63) is 34.6 Å². The van der Waals surface area contributed by atoms with Crippen LogP contribution in [0.2, 0.25) is 5.02 Å². The molecule has 3 rings (SSSR count). The molecule has 22 heavy (non-hydrogen) atoms. The molecular weight excluding hydrogens is 320 g/mol. The van der Waals surface area contributed by atoms with Gasteiger partial charge in [0.15, 0.2) is 0 Å². The second-order valence-corrected chi connectivity index (χ2v) is 7.15. The largest absolute Gasteiger partial charge is 0.325 e. The smallest absolute Gasteiger partial charge is 0.237 e. The molecule has 7 heteroatoms. The molecule has 1 heterocycles. The van der Waals surface area contributed by atoms with Crippen LogP contribution in [0.3, 0.4) is 0 Å². The number of hydrogen-bond donors (Lipinski definition) is 2. The van der Waals surface area contributed by atoms with Crippen molar-refractivity contribution < 1.29 is 4.79 Å². The summed E-state index contributed by atoms with van der Waals surface area (Å²) < 4.78 is 0. The van der Waals surface area contributed by atoms with Gasteiger partial charge in [0, 0.05) is 16.6 Å². The summed E-state index contributed by atoms with van der Waals surface area (Å²) in [7, 11) is 0. The zero-order valence-corrected chi connectivity index (χ0v) is 14.0. The van der Waals surface area contributed by atoms with Crippen LogP contribution >= 0.6 is 23.4 Å². The number of H-pyrrole nitrogens is 1. The van der Waals surface area contributed by atoms with E-state index in [0.29, 0.717) is 16.1 Å². The van der Waals surface area contributed by atoms with Crippen molar-refractivity contribution in [2.75, 3.05) is 5.32 Å². The molecule has 1 saturated carbocycles. The van der Waals surface area contributed by atoms with Gasteiger partial charge in [-0.2, -0.15) is 0 Å². The highest BCUT2D eigenvalue weighted by molar-refractivity contribution is 8.00. The van der Waals surface area contributed by atoms with Gasteiger partial charge in [0.2, 0.25) is 11.1 Å². The number of hydrogen-bond acceptors (Lipinski definition) is 4. The van der Waals surface area contributed by atoms with E-state index in [0.717, 1.165) is 17.1 Å². The molecule has 2 aromatic rings. The van der Waals surface area contributed by atoms with Crippen LogP contribution in [0.1, 0.15) is 37.1 Å². The lowest BCUT2D eigenvalue weighted by Crippen LogP contribution is -2.23. The summed E-state index contributed by atoms with van der Waals surface area (Å²) in [6.07, 6.45) is 2.34. The number of nitrogens with one attached hydrogen (secondary N) is 2. The average molecular weight is 337 g/mol. The molecule has 0 radical (unpaired) electrons. The normalized spacial score (nSPS) is 15.6. The Bertz CT molecular complexity index is 699. The monoisotopic (exact) mass is 336 g/mol. The molecule has 1 aromatic heterocycles. The van der Waals surface area contributed by atoms with Gasteiger partial charge >= 0.3 is 0 Å². The number of carbonyl (C=O) groups excluding carboxylic acids is 1. The molecule has 5 nitrogen and oxygen atoms in total. The topological polar surface area (TPSA) is 70.7 Å². The standard InChI is InChI=1S/C15H17ClN4OS/c1-8-11(16)4-3-5-12(8)17-14(21)9(2)22-15-18-13(19-20-15)10-6-7-10/h3-5,9-10H,6-7H2,1-2H3,(H,17,21)(H,18,19,20). The van der Waals surface area contributed by atoms with Crippen LogP contribution in [0.4, 0.5) is 5.69 Å². The van der Waals surface area contributed by atoms with E-state index in [1.54, 1.807) is 6.07 Å². The maximum absolute atomic E-state index is 12.3. The summed E-state index contributed by atoms with van der Waals surface area (Å²) in [5, 5.41) is 11.0. The van der Waals surface area contributed by atoms with Crippen molar-refractivity contribution in [3.8, 4) is 0 Å². The number of amides is 1. The quantitative estimate of drug-likeness (QED) is 0.815. The van der Waals surface area contributed by atoms with Crippen molar-refractivity contribution in [2.45, 2.75) is 43.0 Å². The van der Waals surface area contributed by atoms with Gasteiger partial charge < -0.3 is 5.32 Å². The number of benzene rings is 1. The van der Waals surface area contributed by atoms with E-state index in [9.17, 15) is 4.79 Å². The number of nitrogens with zero attached hydrogens (tertiary/aromatic N) is 2. The first kappa shape index (κ1) is 15.4. The van der Waals surface area contributed by atoms with Crippen LogP contribution in [0.15, 0.2) is 23.4 Å². The van der Waals surface area contributed by atoms with Crippen molar-refractivity contribution in [3.63, 3.8) is 0 Å². The van der Waals surface area contributed by atoms with Crippen molar-refractivity contribution >= 4 is 35.0 Å². The van der Waals surface area contributed by atoms with Gasteiger partial charge in [-0.3, -0.25) is 9.89 Å². The van der Waals surface area contributed by atoms with Crippen LogP contribution in [-0.2, 0) is 4.79 Å². The maximum Gasteiger partial charge on any atom is 0.237 e. The number of rotatable bonds is 5. The minimum Gasteiger partial charge on any atom is -0.325 e. The molecule has 116 valence electrons. The highest BCUT2D eigenvalue weighted by Gasteiger charge is 2.28. The van der Waals surface area contributed by atoms with Gasteiger partial charge in [-0.15, -0.1) is 5.10 Å². The van der Waals surface area contributed by atoms with Crippen LogP contribution in [0.25, 0.3) is 0 Å². The lowest BCUT2D eigenvalue weighted by molar-refractivity contribution is -0.115. The fourth-order valence-corrected chi connectivity index (χ4v) is 2.95. The fourth-order valence-electron chi connectivity index (χ4n) is 2.04. The second kappa shape index (κ2) is 6.30. The summed E-state index contributed by atoms with van der Waals surface area (Å²) in [4.78, 5) is 16.7. The van der Waals surface area contributed by atoms with Crippen LogP contribution in [0.5, 0.6) is 0 Å². The summed E-state index contributed by atoms with van der Waals surface area (Å²) >= 11 is 7.41. The van der Waals surface area contributed by atoms with E-state index in [1.165, 1.54) is 24.6 Å². The van der Waals surface area contributed by atoms with Gasteiger partial charge in [-0.05, 0) is 44.4 Å². The molecule has 1 unspecified atom stereocenters.